The van der Waals surface area contributed by atoms with Crippen LogP contribution in [0.2, 0.25) is 0 Å². The number of amides is 1. The van der Waals surface area contributed by atoms with Gasteiger partial charge in [0.15, 0.2) is 9.84 Å². The lowest BCUT2D eigenvalue weighted by atomic mass is 9.93. The van der Waals surface area contributed by atoms with Gasteiger partial charge in [-0.05, 0) is 43.2 Å². The van der Waals surface area contributed by atoms with Crippen molar-refractivity contribution in [1.82, 2.24) is 9.88 Å². The third-order valence-electron chi connectivity index (χ3n) is 5.62. The molecule has 1 atom stereocenters. The van der Waals surface area contributed by atoms with Crippen LogP contribution in [0.25, 0.3) is 10.9 Å². The number of aromatic nitrogens is 1. The maximum atomic E-state index is 13.3. The van der Waals surface area contributed by atoms with E-state index < -0.39 is 28.2 Å². The summed E-state index contributed by atoms with van der Waals surface area (Å²) in [5.74, 6) is 5.27. The molecule has 2 N–H and O–H groups in total. The Morgan fingerprint density at radius 1 is 1.29 bits per heavy atom. The number of carbonyl (C=O) groups excluding carboxylic acids is 1. The van der Waals surface area contributed by atoms with Gasteiger partial charge < -0.3 is 19.9 Å². The second-order valence-corrected chi connectivity index (χ2v) is 10.5. The van der Waals surface area contributed by atoms with Gasteiger partial charge in [-0.15, -0.1) is 0 Å². The van der Waals surface area contributed by atoms with Crippen molar-refractivity contribution in [2.75, 3.05) is 25.2 Å². The van der Waals surface area contributed by atoms with Gasteiger partial charge in [-0.2, -0.15) is 13.2 Å². The first-order valence-corrected chi connectivity index (χ1v) is 12.5. The van der Waals surface area contributed by atoms with Crippen molar-refractivity contribution in [2.24, 2.45) is 0 Å². The molecule has 0 spiro atoms. The van der Waals surface area contributed by atoms with Gasteiger partial charge in [-0.25, -0.2) is 8.42 Å². The number of sulfone groups is 1. The highest BCUT2D eigenvalue weighted by Gasteiger charge is 2.35. The Morgan fingerprint density at radius 2 is 2.00 bits per heavy atom. The summed E-state index contributed by atoms with van der Waals surface area (Å²) in [6, 6.07) is 6.23. The highest BCUT2D eigenvalue weighted by molar-refractivity contribution is 7.94. The number of fused-ring (bicyclic) bond motifs is 1. The largest absolute Gasteiger partial charge is 0.406 e. The van der Waals surface area contributed by atoms with Crippen LogP contribution in [-0.4, -0.2) is 50.6 Å². The van der Waals surface area contributed by atoms with E-state index in [1.807, 2.05) is 0 Å². The van der Waals surface area contributed by atoms with E-state index in [4.69, 9.17) is 4.74 Å². The average molecular weight is 510 g/mol. The fraction of sp³-hybridized carbons (Fsp3) is 0.375. The highest BCUT2D eigenvalue weighted by Crippen LogP contribution is 2.33. The minimum Gasteiger partial charge on any atom is -0.375 e. The lowest BCUT2D eigenvalue weighted by Crippen LogP contribution is -2.40. The molecule has 1 aromatic heterocycles. The molecule has 7 nitrogen and oxygen atoms in total. The van der Waals surface area contributed by atoms with Crippen molar-refractivity contribution in [1.29, 1.82) is 0 Å². The van der Waals surface area contributed by atoms with E-state index >= 15 is 0 Å². The number of ether oxygens (including phenoxy) is 1. The number of methoxy groups -OCH3 is 1. The molecular formula is C24H26F3N3O4S. The van der Waals surface area contributed by atoms with Crippen LogP contribution in [0.1, 0.15) is 26.0 Å². The van der Waals surface area contributed by atoms with Gasteiger partial charge in [0.2, 0.25) is 5.91 Å². The summed E-state index contributed by atoms with van der Waals surface area (Å²) in [7, 11) is -1.91. The van der Waals surface area contributed by atoms with Crippen molar-refractivity contribution in [3.8, 4) is 11.8 Å². The Balaban J connectivity index is 1.92. The summed E-state index contributed by atoms with van der Waals surface area (Å²) in [5.41, 5.74) is 0.515. The molecule has 3 rings (SSSR count). The first-order valence-electron chi connectivity index (χ1n) is 10.6. The summed E-state index contributed by atoms with van der Waals surface area (Å²) < 4.78 is 70.3. The number of halogens is 3. The normalized spacial score (nSPS) is 18.4. The van der Waals surface area contributed by atoms with Gasteiger partial charge in [-0.3, -0.25) is 4.79 Å². The first kappa shape index (κ1) is 26.4. The summed E-state index contributed by atoms with van der Waals surface area (Å²) in [6.07, 6.45) is -0.103. The minimum absolute atomic E-state index is 0.0823. The summed E-state index contributed by atoms with van der Waals surface area (Å²) in [4.78, 5) is 11.7. The van der Waals surface area contributed by atoms with Crippen molar-refractivity contribution in [3.63, 3.8) is 0 Å². The summed E-state index contributed by atoms with van der Waals surface area (Å²) in [6.45, 7) is 1.91. The molecule has 188 valence electrons. The molecule has 0 radical (unpaired) electrons. The number of nitrogens with one attached hydrogen (secondary N) is 2. The van der Waals surface area contributed by atoms with Gasteiger partial charge in [0.1, 0.15) is 12.1 Å². The molecule has 11 heteroatoms. The van der Waals surface area contributed by atoms with E-state index in [0.717, 1.165) is 10.8 Å². The van der Waals surface area contributed by atoms with Gasteiger partial charge >= 0.3 is 6.18 Å². The minimum atomic E-state index is -4.47. The predicted molar refractivity (Wildman–Crippen MR) is 128 cm³/mol. The number of hydrogen-bond donors (Lipinski definition) is 2. The molecule has 0 fully saturated rings. The lowest BCUT2D eigenvalue weighted by molar-refractivity contribution is -0.140. The average Bonchev–Trinajstić information content (AvgIpc) is 3.08. The molecule has 1 amide bonds. The Morgan fingerprint density at radius 3 is 2.60 bits per heavy atom. The fourth-order valence-electron chi connectivity index (χ4n) is 3.83. The van der Waals surface area contributed by atoms with Crippen molar-refractivity contribution >= 4 is 32.3 Å². The molecule has 1 aromatic carbocycles. The maximum absolute atomic E-state index is 13.3. The SMILES string of the molecule is COC1(C)CC(S(C)(=O)=O)=CC=C1NCC#Cc1cc2c(NC(C)=O)cccc2n1CC(F)(F)F. The molecule has 0 aliphatic heterocycles. The fourth-order valence-corrected chi connectivity index (χ4v) is 4.69. The molecule has 0 saturated carbocycles. The Bertz CT molecular complexity index is 1380. The summed E-state index contributed by atoms with van der Waals surface area (Å²) >= 11 is 0. The number of anilines is 1. The van der Waals surface area contributed by atoms with Gasteiger partial charge in [0, 0.05) is 42.7 Å². The number of hydrogen-bond acceptors (Lipinski definition) is 5. The van der Waals surface area contributed by atoms with Gasteiger partial charge in [-0.1, -0.05) is 12.0 Å². The second-order valence-electron chi connectivity index (χ2n) is 8.40. The highest BCUT2D eigenvalue weighted by atomic mass is 32.2. The van der Waals surface area contributed by atoms with E-state index in [9.17, 15) is 26.4 Å². The van der Waals surface area contributed by atoms with Gasteiger partial charge in [0.05, 0.1) is 23.4 Å². The van der Waals surface area contributed by atoms with Gasteiger partial charge in [0.25, 0.3) is 0 Å². The monoisotopic (exact) mass is 509 g/mol. The van der Waals surface area contributed by atoms with E-state index in [1.165, 1.54) is 26.2 Å². The first-order chi connectivity index (χ1) is 16.2. The zero-order chi connectivity index (χ0) is 26.0. The third-order valence-corrected chi connectivity index (χ3v) is 6.85. The number of alkyl halides is 3. The Labute approximate surface area is 201 Å². The van der Waals surface area contributed by atoms with Crippen LogP contribution in [0.5, 0.6) is 0 Å². The second kappa shape index (κ2) is 9.79. The van der Waals surface area contributed by atoms with E-state index in [0.29, 0.717) is 22.3 Å². The van der Waals surface area contributed by atoms with Crippen LogP contribution < -0.4 is 10.6 Å². The molecule has 1 aliphatic carbocycles. The maximum Gasteiger partial charge on any atom is 0.406 e. The van der Waals surface area contributed by atoms with Crippen LogP contribution in [0, 0.1) is 11.8 Å². The number of benzene rings is 1. The smallest absolute Gasteiger partial charge is 0.375 e. The molecule has 1 heterocycles. The molecule has 1 aliphatic rings. The number of rotatable bonds is 6. The van der Waals surface area contributed by atoms with Crippen molar-refractivity contribution in [2.45, 2.75) is 38.6 Å². The van der Waals surface area contributed by atoms with E-state index in [1.54, 1.807) is 31.2 Å². The molecule has 0 bridgehead atoms. The van der Waals surface area contributed by atoms with Crippen LogP contribution in [0.4, 0.5) is 18.9 Å². The van der Waals surface area contributed by atoms with E-state index in [2.05, 4.69) is 22.5 Å². The number of carbonyl (C=O) groups is 1. The van der Waals surface area contributed by atoms with Crippen LogP contribution in [0.15, 0.2) is 47.0 Å². The van der Waals surface area contributed by atoms with Crippen LogP contribution in [0.3, 0.4) is 0 Å². The Kier molecular flexibility index (Phi) is 7.38. The van der Waals surface area contributed by atoms with E-state index in [-0.39, 0.29) is 29.5 Å². The quantitative estimate of drug-likeness (QED) is 0.580. The molecular weight excluding hydrogens is 483 g/mol. The van der Waals surface area contributed by atoms with Crippen LogP contribution in [-0.2, 0) is 25.9 Å². The number of allylic oxidation sites excluding steroid dienone is 2. The molecule has 1 unspecified atom stereocenters. The third kappa shape index (κ3) is 6.26. The zero-order valence-corrected chi connectivity index (χ0v) is 20.5. The zero-order valence-electron chi connectivity index (χ0n) is 19.7. The molecule has 0 saturated heterocycles. The number of nitrogens with zero attached hydrogens (tertiary/aromatic N) is 1. The summed E-state index contributed by atoms with van der Waals surface area (Å²) in [5, 5.41) is 6.15. The standard InChI is InChI=1S/C24H26F3N3O4S/c1-16(31)29-20-8-5-9-21-19(20)13-17(30(21)15-24(25,26)27)7-6-12-28-22-11-10-18(35(4,32)33)14-23(22,2)34-3/h5,8-11,13,28H,12,14-15H2,1-4H3,(H,29,31). The topological polar surface area (TPSA) is 89.4 Å². The predicted octanol–water partition coefficient (Wildman–Crippen LogP) is 3.72. The van der Waals surface area contributed by atoms with Crippen molar-refractivity contribution in [3.05, 3.63) is 52.7 Å². The van der Waals surface area contributed by atoms with Crippen LogP contribution >= 0.6 is 0 Å². The Hall–Kier alpha value is -3.23. The molecule has 2 aromatic rings. The lowest BCUT2D eigenvalue weighted by Gasteiger charge is -2.34. The molecule has 35 heavy (non-hydrogen) atoms. The van der Waals surface area contributed by atoms with Crippen molar-refractivity contribution < 1.29 is 31.1 Å².